The van der Waals surface area contributed by atoms with Crippen LogP contribution < -0.4 is 5.32 Å². The molecular weight excluding hydrogens is 246 g/mol. The Hall–Kier alpha value is -1.32. The van der Waals surface area contributed by atoms with Crippen molar-refractivity contribution in [1.29, 1.82) is 0 Å². The number of rotatable bonds is 4. The van der Waals surface area contributed by atoms with Crippen LogP contribution in [0.1, 0.15) is 11.3 Å². The first-order valence-electron chi connectivity index (χ1n) is 6.06. The van der Waals surface area contributed by atoms with E-state index >= 15 is 0 Å². The van der Waals surface area contributed by atoms with Gasteiger partial charge < -0.3 is 9.88 Å². The van der Waals surface area contributed by atoms with Crippen molar-refractivity contribution in [3.8, 4) is 11.4 Å². The van der Waals surface area contributed by atoms with Crippen molar-refractivity contribution in [1.82, 2.24) is 14.9 Å². The first-order chi connectivity index (χ1) is 8.63. The summed E-state index contributed by atoms with van der Waals surface area (Å²) in [5.74, 6) is 0.922. The summed E-state index contributed by atoms with van der Waals surface area (Å²) in [6.45, 7) is 2.96. The molecule has 0 radical (unpaired) electrons. The Balaban J connectivity index is 2.36. The molecule has 2 aromatic rings. The zero-order chi connectivity index (χ0) is 13.1. The standard InChI is InChI=1S/C14H18ClN3/c1-10-4-6-11(7-5-10)14-17-12(8-9-16-2)13(15)18(14)3/h4-7,16H,8-9H2,1-3H3. The summed E-state index contributed by atoms with van der Waals surface area (Å²) < 4.78 is 1.94. The monoisotopic (exact) mass is 263 g/mol. The number of imidazole rings is 1. The van der Waals surface area contributed by atoms with Crippen molar-refractivity contribution < 1.29 is 0 Å². The van der Waals surface area contributed by atoms with Gasteiger partial charge in [-0.05, 0) is 14.0 Å². The molecule has 0 spiro atoms. The fraction of sp³-hybridized carbons (Fsp3) is 0.357. The maximum absolute atomic E-state index is 6.30. The number of hydrogen-bond donors (Lipinski definition) is 1. The first kappa shape index (κ1) is 13.1. The van der Waals surface area contributed by atoms with Crippen molar-refractivity contribution >= 4 is 11.6 Å². The Labute approximate surface area is 113 Å². The molecule has 18 heavy (non-hydrogen) atoms. The largest absolute Gasteiger partial charge is 0.319 e. The fourth-order valence-electron chi connectivity index (χ4n) is 1.90. The van der Waals surface area contributed by atoms with Crippen molar-refractivity contribution in [2.45, 2.75) is 13.3 Å². The summed E-state index contributed by atoms with van der Waals surface area (Å²) >= 11 is 6.30. The molecule has 96 valence electrons. The maximum Gasteiger partial charge on any atom is 0.141 e. The number of nitrogens with one attached hydrogen (secondary N) is 1. The lowest BCUT2D eigenvalue weighted by Gasteiger charge is -2.02. The Bertz CT molecular complexity index is 529. The Morgan fingerprint density at radius 1 is 1.28 bits per heavy atom. The number of aromatic nitrogens is 2. The summed E-state index contributed by atoms with van der Waals surface area (Å²) in [5.41, 5.74) is 3.29. The van der Waals surface area contributed by atoms with Crippen LogP contribution in [0.5, 0.6) is 0 Å². The highest BCUT2D eigenvalue weighted by atomic mass is 35.5. The summed E-state index contributed by atoms with van der Waals surface area (Å²) in [7, 11) is 3.88. The molecule has 4 heteroatoms. The minimum atomic E-state index is 0.723. The number of nitrogens with zero attached hydrogens (tertiary/aromatic N) is 2. The van der Waals surface area contributed by atoms with Gasteiger partial charge in [-0.25, -0.2) is 4.98 Å². The van der Waals surface area contributed by atoms with Crippen molar-refractivity contribution in [3.05, 3.63) is 40.7 Å². The van der Waals surface area contributed by atoms with Crippen molar-refractivity contribution in [3.63, 3.8) is 0 Å². The third-order valence-corrected chi connectivity index (χ3v) is 3.48. The molecule has 0 fully saturated rings. The number of hydrogen-bond acceptors (Lipinski definition) is 2. The predicted octanol–water partition coefficient (Wildman–Crippen LogP) is 2.81. The predicted molar refractivity (Wildman–Crippen MR) is 76.0 cm³/mol. The minimum absolute atomic E-state index is 0.723. The van der Waals surface area contributed by atoms with Crippen LogP contribution >= 0.6 is 11.6 Å². The molecular formula is C14H18ClN3. The van der Waals surface area contributed by atoms with E-state index in [9.17, 15) is 0 Å². The molecule has 0 aliphatic heterocycles. The van der Waals surface area contributed by atoms with Gasteiger partial charge in [0, 0.05) is 25.6 Å². The second-order valence-electron chi connectivity index (χ2n) is 4.45. The number of benzene rings is 1. The van der Waals surface area contributed by atoms with Gasteiger partial charge in [-0.15, -0.1) is 0 Å². The Kier molecular flexibility index (Phi) is 4.04. The molecule has 1 aromatic carbocycles. The van der Waals surface area contributed by atoms with E-state index in [-0.39, 0.29) is 0 Å². The summed E-state index contributed by atoms with van der Waals surface area (Å²) in [5, 5.41) is 3.83. The highest BCUT2D eigenvalue weighted by Crippen LogP contribution is 2.25. The number of likely N-dealkylation sites (N-methyl/N-ethyl adjacent to an activating group) is 1. The van der Waals surface area contributed by atoms with Gasteiger partial charge in [0.2, 0.25) is 0 Å². The fourth-order valence-corrected chi connectivity index (χ4v) is 2.12. The summed E-state index contributed by atoms with van der Waals surface area (Å²) in [6, 6.07) is 8.34. The van der Waals surface area contributed by atoms with Crippen molar-refractivity contribution in [2.24, 2.45) is 7.05 Å². The minimum Gasteiger partial charge on any atom is -0.319 e. The lowest BCUT2D eigenvalue weighted by Crippen LogP contribution is -2.10. The van der Waals surface area contributed by atoms with E-state index < -0.39 is 0 Å². The zero-order valence-electron chi connectivity index (χ0n) is 11.0. The molecule has 1 N–H and O–H groups in total. The normalized spacial score (nSPS) is 10.9. The summed E-state index contributed by atoms with van der Waals surface area (Å²) in [4.78, 5) is 4.64. The van der Waals surface area contributed by atoms with Gasteiger partial charge in [0.25, 0.3) is 0 Å². The Morgan fingerprint density at radius 2 is 1.94 bits per heavy atom. The smallest absolute Gasteiger partial charge is 0.141 e. The topological polar surface area (TPSA) is 29.9 Å². The number of halogens is 1. The molecule has 1 heterocycles. The van der Waals surface area contributed by atoms with Crippen molar-refractivity contribution in [2.75, 3.05) is 13.6 Å². The van der Waals surface area contributed by atoms with E-state index in [1.165, 1.54) is 5.56 Å². The average Bonchev–Trinajstić information content (AvgIpc) is 2.65. The van der Waals surface area contributed by atoms with Crippen LogP contribution in [0.15, 0.2) is 24.3 Å². The summed E-state index contributed by atoms with van der Waals surface area (Å²) in [6.07, 6.45) is 0.842. The van der Waals surface area contributed by atoms with E-state index in [0.717, 1.165) is 35.2 Å². The highest BCUT2D eigenvalue weighted by molar-refractivity contribution is 6.30. The molecule has 0 saturated heterocycles. The maximum atomic E-state index is 6.30. The zero-order valence-corrected chi connectivity index (χ0v) is 11.8. The molecule has 3 nitrogen and oxygen atoms in total. The van der Waals surface area contributed by atoms with Gasteiger partial charge in [0.05, 0.1) is 5.69 Å². The molecule has 2 rings (SSSR count). The lowest BCUT2D eigenvalue weighted by atomic mass is 10.1. The van der Waals surface area contributed by atoms with Gasteiger partial charge >= 0.3 is 0 Å². The van der Waals surface area contributed by atoms with Gasteiger partial charge in [0.15, 0.2) is 0 Å². The van der Waals surface area contributed by atoms with Crippen LogP contribution in [-0.4, -0.2) is 23.1 Å². The highest BCUT2D eigenvalue weighted by Gasteiger charge is 2.13. The van der Waals surface area contributed by atoms with E-state index in [0.29, 0.717) is 0 Å². The first-order valence-corrected chi connectivity index (χ1v) is 6.44. The molecule has 0 unspecified atom stereocenters. The lowest BCUT2D eigenvalue weighted by molar-refractivity contribution is 0.779. The van der Waals surface area contributed by atoms with E-state index in [4.69, 9.17) is 11.6 Å². The molecule has 1 aromatic heterocycles. The van der Waals surface area contributed by atoms with Gasteiger partial charge in [-0.2, -0.15) is 0 Å². The van der Waals surface area contributed by atoms with Crippen LogP contribution in [0.3, 0.4) is 0 Å². The molecule has 0 aliphatic carbocycles. The molecule has 0 atom stereocenters. The quantitative estimate of drug-likeness (QED) is 0.919. The molecule has 0 saturated carbocycles. The SMILES string of the molecule is CNCCc1nc(-c2ccc(C)cc2)n(C)c1Cl. The molecule has 0 aliphatic rings. The van der Waals surface area contributed by atoms with Crippen LogP contribution in [0, 0.1) is 6.92 Å². The van der Waals surface area contributed by atoms with Crippen LogP contribution in [-0.2, 0) is 13.5 Å². The second kappa shape index (κ2) is 5.55. The van der Waals surface area contributed by atoms with Crippen LogP contribution in [0.4, 0.5) is 0 Å². The van der Waals surface area contributed by atoms with E-state index in [2.05, 4.69) is 41.5 Å². The number of aryl methyl sites for hydroxylation is 1. The third-order valence-electron chi connectivity index (χ3n) is 3.01. The second-order valence-corrected chi connectivity index (χ2v) is 4.81. The van der Waals surface area contributed by atoms with Crippen LogP contribution in [0.2, 0.25) is 5.15 Å². The Morgan fingerprint density at radius 3 is 2.56 bits per heavy atom. The van der Waals surface area contributed by atoms with Gasteiger partial charge in [-0.1, -0.05) is 41.4 Å². The average molecular weight is 264 g/mol. The van der Waals surface area contributed by atoms with E-state index in [1.54, 1.807) is 0 Å². The van der Waals surface area contributed by atoms with E-state index in [1.807, 2.05) is 18.7 Å². The van der Waals surface area contributed by atoms with Gasteiger partial charge in [-0.3, -0.25) is 0 Å². The van der Waals surface area contributed by atoms with Crippen LogP contribution in [0.25, 0.3) is 11.4 Å². The molecule has 0 bridgehead atoms. The molecule has 0 amide bonds. The van der Waals surface area contributed by atoms with Gasteiger partial charge in [0.1, 0.15) is 11.0 Å². The third kappa shape index (κ3) is 2.57.